The van der Waals surface area contributed by atoms with Crippen LogP contribution in [0, 0.1) is 0 Å². The second kappa shape index (κ2) is 5.98. The highest BCUT2D eigenvalue weighted by atomic mass is 15.2. The van der Waals surface area contributed by atoms with Gasteiger partial charge < -0.3 is 11.1 Å². The lowest BCUT2D eigenvalue weighted by atomic mass is 10.2. The Morgan fingerprint density at radius 1 is 1.59 bits per heavy atom. The highest BCUT2D eigenvalue weighted by Gasteiger charge is 2.22. The summed E-state index contributed by atoms with van der Waals surface area (Å²) in [5, 5.41) is 3.44. The third-order valence-corrected chi connectivity index (χ3v) is 3.52. The Morgan fingerprint density at radius 2 is 2.47 bits per heavy atom. The summed E-state index contributed by atoms with van der Waals surface area (Å²) in [6, 6.07) is 4.61. The second-order valence-electron chi connectivity index (χ2n) is 4.52. The second-order valence-corrected chi connectivity index (χ2v) is 4.52. The Balaban J connectivity index is 1.93. The summed E-state index contributed by atoms with van der Waals surface area (Å²) in [6.07, 6.45) is 4.41. The number of pyridine rings is 1. The van der Waals surface area contributed by atoms with E-state index in [1.54, 1.807) is 0 Å². The lowest BCUT2D eigenvalue weighted by Crippen LogP contribution is -2.35. The van der Waals surface area contributed by atoms with Crippen molar-refractivity contribution in [2.45, 2.75) is 32.4 Å². The molecule has 0 aliphatic carbocycles. The summed E-state index contributed by atoms with van der Waals surface area (Å²) in [5.41, 5.74) is 6.79. The molecule has 3 N–H and O–H groups in total. The monoisotopic (exact) mass is 234 g/mol. The highest BCUT2D eigenvalue weighted by molar-refractivity contribution is 5.43. The van der Waals surface area contributed by atoms with E-state index in [2.05, 4.69) is 22.1 Å². The highest BCUT2D eigenvalue weighted by Crippen LogP contribution is 2.18. The van der Waals surface area contributed by atoms with Crippen molar-refractivity contribution in [1.29, 1.82) is 0 Å². The van der Waals surface area contributed by atoms with Gasteiger partial charge in [-0.25, -0.2) is 4.98 Å². The molecule has 4 nitrogen and oxygen atoms in total. The molecule has 1 aromatic rings. The average molecular weight is 234 g/mol. The van der Waals surface area contributed by atoms with Gasteiger partial charge in [0, 0.05) is 30.9 Å². The molecule has 0 saturated carbocycles. The normalized spacial score (nSPS) is 20.7. The first kappa shape index (κ1) is 12.3. The predicted molar refractivity (Wildman–Crippen MR) is 70.9 cm³/mol. The molecule has 17 heavy (non-hydrogen) atoms. The van der Waals surface area contributed by atoms with Crippen molar-refractivity contribution in [3.63, 3.8) is 0 Å². The molecule has 2 heterocycles. The Bertz CT molecular complexity index is 353. The lowest BCUT2D eigenvalue weighted by Gasteiger charge is -2.23. The van der Waals surface area contributed by atoms with E-state index >= 15 is 0 Å². The summed E-state index contributed by atoms with van der Waals surface area (Å²) >= 11 is 0. The van der Waals surface area contributed by atoms with E-state index in [0.29, 0.717) is 12.6 Å². The van der Waals surface area contributed by atoms with Gasteiger partial charge in [0.2, 0.25) is 0 Å². The Labute approximate surface area is 103 Å². The molecule has 0 aromatic carbocycles. The fourth-order valence-electron chi connectivity index (χ4n) is 2.52. The van der Waals surface area contributed by atoms with Crippen molar-refractivity contribution in [1.82, 2.24) is 9.88 Å². The average Bonchev–Trinajstić information content (AvgIpc) is 2.84. The van der Waals surface area contributed by atoms with Crippen molar-refractivity contribution in [3.05, 3.63) is 23.9 Å². The number of nitrogens with zero attached hydrogens (tertiary/aromatic N) is 2. The number of rotatable bonds is 5. The Hall–Kier alpha value is -1.13. The number of hydrogen-bond donors (Lipinski definition) is 2. The van der Waals surface area contributed by atoms with Crippen LogP contribution in [0.3, 0.4) is 0 Å². The number of likely N-dealkylation sites (N-methyl/N-ethyl adjacent to an activating group) is 1. The van der Waals surface area contributed by atoms with Crippen LogP contribution in [0.5, 0.6) is 0 Å². The number of anilines is 1. The summed E-state index contributed by atoms with van der Waals surface area (Å²) in [6.45, 7) is 6.10. The van der Waals surface area contributed by atoms with E-state index in [9.17, 15) is 0 Å². The first-order chi connectivity index (χ1) is 8.35. The maximum atomic E-state index is 5.70. The molecule has 1 atom stereocenters. The van der Waals surface area contributed by atoms with Crippen LogP contribution in [0.4, 0.5) is 5.82 Å². The third-order valence-electron chi connectivity index (χ3n) is 3.52. The van der Waals surface area contributed by atoms with Gasteiger partial charge in [0.05, 0.1) is 0 Å². The topological polar surface area (TPSA) is 54.2 Å². The van der Waals surface area contributed by atoms with Gasteiger partial charge in [-0.3, -0.25) is 4.90 Å². The summed E-state index contributed by atoms with van der Waals surface area (Å²) in [4.78, 5) is 6.88. The number of hydrogen-bond acceptors (Lipinski definition) is 4. The van der Waals surface area contributed by atoms with E-state index in [0.717, 1.165) is 24.5 Å². The van der Waals surface area contributed by atoms with E-state index < -0.39 is 0 Å². The quantitative estimate of drug-likeness (QED) is 0.809. The SMILES string of the molecule is CCN1CCCC1CNc1ncccc1CN. The maximum absolute atomic E-state index is 5.70. The van der Waals surface area contributed by atoms with Crippen LogP contribution < -0.4 is 11.1 Å². The number of nitrogens with two attached hydrogens (primary N) is 1. The van der Waals surface area contributed by atoms with Gasteiger partial charge in [-0.2, -0.15) is 0 Å². The van der Waals surface area contributed by atoms with Crippen LogP contribution in [-0.4, -0.2) is 35.6 Å². The van der Waals surface area contributed by atoms with Crippen LogP contribution in [0.2, 0.25) is 0 Å². The van der Waals surface area contributed by atoms with E-state index in [1.807, 2.05) is 18.3 Å². The maximum Gasteiger partial charge on any atom is 0.130 e. The number of likely N-dealkylation sites (tertiary alicyclic amines) is 1. The Kier molecular flexibility index (Phi) is 4.34. The van der Waals surface area contributed by atoms with Crippen LogP contribution in [-0.2, 0) is 6.54 Å². The fraction of sp³-hybridized carbons (Fsp3) is 0.615. The first-order valence-electron chi connectivity index (χ1n) is 6.47. The molecule has 0 spiro atoms. The molecule has 4 heteroatoms. The molecular formula is C13H22N4. The van der Waals surface area contributed by atoms with Crippen molar-refractivity contribution >= 4 is 5.82 Å². The van der Waals surface area contributed by atoms with Crippen molar-refractivity contribution in [2.24, 2.45) is 5.73 Å². The first-order valence-corrected chi connectivity index (χ1v) is 6.47. The van der Waals surface area contributed by atoms with Gasteiger partial charge in [0.1, 0.15) is 5.82 Å². The third kappa shape index (κ3) is 2.96. The molecule has 0 radical (unpaired) electrons. The van der Waals surface area contributed by atoms with Crippen molar-refractivity contribution in [3.8, 4) is 0 Å². The predicted octanol–water partition coefficient (Wildman–Crippen LogP) is 1.44. The molecule has 1 unspecified atom stereocenters. The minimum absolute atomic E-state index is 0.540. The zero-order chi connectivity index (χ0) is 12.1. The van der Waals surface area contributed by atoms with Gasteiger partial charge >= 0.3 is 0 Å². The van der Waals surface area contributed by atoms with E-state index in [1.165, 1.54) is 19.4 Å². The molecule has 94 valence electrons. The molecule has 2 rings (SSSR count). The fourth-order valence-corrected chi connectivity index (χ4v) is 2.52. The minimum Gasteiger partial charge on any atom is -0.368 e. The zero-order valence-electron chi connectivity index (χ0n) is 10.5. The van der Waals surface area contributed by atoms with E-state index in [4.69, 9.17) is 5.73 Å². The summed E-state index contributed by atoms with van der Waals surface area (Å²) in [7, 11) is 0. The number of aromatic nitrogens is 1. The standard InChI is InChI=1S/C13H22N4/c1-2-17-8-4-6-12(17)10-16-13-11(9-14)5-3-7-15-13/h3,5,7,12H,2,4,6,8-10,14H2,1H3,(H,15,16). The smallest absolute Gasteiger partial charge is 0.130 e. The molecule has 0 bridgehead atoms. The summed E-state index contributed by atoms with van der Waals surface area (Å²) < 4.78 is 0. The molecule has 1 aliphatic rings. The van der Waals surface area contributed by atoms with Crippen LogP contribution in [0.25, 0.3) is 0 Å². The van der Waals surface area contributed by atoms with Gasteiger partial charge in [-0.05, 0) is 32.0 Å². The van der Waals surface area contributed by atoms with Crippen LogP contribution >= 0.6 is 0 Å². The molecule has 1 aromatic heterocycles. The van der Waals surface area contributed by atoms with Gasteiger partial charge in [-0.15, -0.1) is 0 Å². The Morgan fingerprint density at radius 3 is 3.24 bits per heavy atom. The summed E-state index contributed by atoms with van der Waals surface area (Å²) in [5.74, 6) is 0.943. The van der Waals surface area contributed by atoms with E-state index in [-0.39, 0.29) is 0 Å². The van der Waals surface area contributed by atoms with Crippen molar-refractivity contribution in [2.75, 3.05) is 25.0 Å². The molecule has 1 aliphatic heterocycles. The molecule has 1 saturated heterocycles. The molecule has 1 fully saturated rings. The minimum atomic E-state index is 0.540. The van der Waals surface area contributed by atoms with Gasteiger partial charge in [0.25, 0.3) is 0 Å². The number of nitrogens with one attached hydrogen (secondary N) is 1. The molecule has 0 amide bonds. The van der Waals surface area contributed by atoms with Crippen molar-refractivity contribution < 1.29 is 0 Å². The van der Waals surface area contributed by atoms with Crippen LogP contribution in [0.15, 0.2) is 18.3 Å². The van der Waals surface area contributed by atoms with Gasteiger partial charge in [-0.1, -0.05) is 13.0 Å². The largest absolute Gasteiger partial charge is 0.368 e. The lowest BCUT2D eigenvalue weighted by molar-refractivity contribution is 0.277. The zero-order valence-corrected chi connectivity index (χ0v) is 10.5. The molecular weight excluding hydrogens is 212 g/mol. The van der Waals surface area contributed by atoms with Crippen LogP contribution in [0.1, 0.15) is 25.3 Å². The van der Waals surface area contributed by atoms with Gasteiger partial charge in [0.15, 0.2) is 0 Å².